The molecule has 2 N–H and O–H groups in total. The molecule has 6 nitrogen and oxygen atoms in total. The number of benzene rings is 1. The van der Waals surface area contributed by atoms with Gasteiger partial charge >= 0.3 is 6.03 Å². The van der Waals surface area contributed by atoms with E-state index in [0.29, 0.717) is 13.0 Å². The van der Waals surface area contributed by atoms with Crippen LogP contribution in [0.1, 0.15) is 44.7 Å². The Balaban J connectivity index is 1.85. The van der Waals surface area contributed by atoms with Gasteiger partial charge in [0, 0.05) is 20.0 Å². The summed E-state index contributed by atoms with van der Waals surface area (Å²) in [5.41, 5.74) is 2.42. The molecule has 0 radical (unpaired) electrons. The van der Waals surface area contributed by atoms with Gasteiger partial charge in [-0.3, -0.25) is 14.9 Å². The molecule has 0 unspecified atom stereocenters. The zero-order valence-electron chi connectivity index (χ0n) is 14.7. The van der Waals surface area contributed by atoms with E-state index in [4.69, 9.17) is 0 Å². The second-order valence-corrected chi connectivity index (χ2v) is 7.25. The smallest absolute Gasteiger partial charge is 0.322 e. The van der Waals surface area contributed by atoms with Gasteiger partial charge in [0.05, 0.1) is 0 Å². The Labute approximate surface area is 142 Å². The Hall–Kier alpha value is -2.37. The van der Waals surface area contributed by atoms with Crippen molar-refractivity contribution in [2.75, 3.05) is 7.05 Å². The molecule has 1 aromatic rings. The van der Waals surface area contributed by atoms with Crippen LogP contribution < -0.4 is 10.6 Å². The minimum Gasteiger partial charge on any atom is -0.341 e. The first-order valence-corrected chi connectivity index (χ1v) is 8.11. The Morgan fingerprint density at radius 2 is 1.79 bits per heavy atom. The number of rotatable bonds is 5. The molecule has 0 aliphatic carbocycles. The molecule has 24 heavy (non-hydrogen) atoms. The average Bonchev–Trinajstić information content (AvgIpc) is 2.82. The van der Waals surface area contributed by atoms with Gasteiger partial charge in [0.25, 0.3) is 5.91 Å². The monoisotopic (exact) mass is 331 g/mol. The van der Waals surface area contributed by atoms with Crippen molar-refractivity contribution in [3.05, 3.63) is 35.4 Å². The van der Waals surface area contributed by atoms with Crippen LogP contribution in [-0.2, 0) is 21.5 Å². The molecule has 6 heteroatoms. The molecule has 0 aromatic heterocycles. The van der Waals surface area contributed by atoms with Gasteiger partial charge in [-0.1, -0.05) is 45.0 Å². The van der Waals surface area contributed by atoms with E-state index in [2.05, 4.69) is 43.5 Å². The van der Waals surface area contributed by atoms with Crippen LogP contribution in [0, 0.1) is 0 Å². The topological polar surface area (TPSA) is 78.5 Å². The van der Waals surface area contributed by atoms with Crippen LogP contribution in [0.15, 0.2) is 24.3 Å². The summed E-state index contributed by atoms with van der Waals surface area (Å²) in [7, 11) is 1.74. The zero-order valence-corrected chi connectivity index (χ0v) is 14.7. The van der Waals surface area contributed by atoms with E-state index >= 15 is 0 Å². The van der Waals surface area contributed by atoms with Crippen molar-refractivity contribution in [2.24, 2.45) is 0 Å². The summed E-state index contributed by atoms with van der Waals surface area (Å²) < 4.78 is 0. The van der Waals surface area contributed by atoms with E-state index in [1.807, 2.05) is 12.1 Å². The average molecular weight is 331 g/mol. The van der Waals surface area contributed by atoms with Crippen LogP contribution in [0.2, 0.25) is 0 Å². The van der Waals surface area contributed by atoms with Gasteiger partial charge in [0.15, 0.2) is 0 Å². The van der Waals surface area contributed by atoms with Gasteiger partial charge < -0.3 is 10.2 Å². The molecule has 0 spiro atoms. The maximum atomic E-state index is 12.2. The minimum atomic E-state index is -0.610. The Morgan fingerprint density at radius 1 is 1.17 bits per heavy atom. The van der Waals surface area contributed by atoms with Crippen molar-refractivity contribution < 1.29 is 14.4 Å². The van der Waals surface area contributed by atoms with Crippen molar-refractivity contribution >= 4 is 17.8 Å². The fourth-order valence-corrected chi connectivity index (χ4v) is 2.59. The van der Waals surface area contributed by atoms with Gasteiger partial charge in [-0.2, -0.15) is 0 Å². The van der Waals surface area contributed by atoms with E-state index in [-0.39, 0.29) is 23.7 Å². The van der Waals surface area contributed by atoms with Crippen LogP contribution in [0.3, 0.4) is 0 Å². The number of nitrogens with one attached hydrogen (secondary N) is 2. The van der Waals surface area contributed by atoms with E-state index in [0.717, 1.165) is 5.56 Å². The number of carbonyl (C=O) groups excluding carboxylic acids is 3. The first-order valence-electron chi connectivity index (χ1n) is 8.11. The molecule has 0 bridgehead atoms. The normalized spacial score (nSPS) is 17.4. The summed E-state index contributed by atoms with van der Waals surface area (Å²) in [4.78, 5) is 36.3. The third kappa shape index (κ3) is 4.57. The number of hydrogen-bond acceptors (Lipinski definition) is 3. The maximum Gasteiger partial charge on any atom is 0.322 e. The van der Waals surface area contributed by atoms with E-state index in [9.17, 15) is 14.4 Å². The highest BCUT2D eigenvalue weighted by molar-refractivity contribution is 6.04. The van der Waals surface area contributed by atoms with Crippen molar-refractivity contribution in [1.29, 1.82) is 0 Å². The summed E-state index contributed by atoms with van der Waals surface area (Å²) in [5.74, 6) is -0.419. The van der Waals surface area contributed by atoms with E-state index < -0.39 is 12.1 Å². The largest absolute Gasteiger partial charge is 0.341 e. The van der Waals surface area contributed by atoms with Crippen LogP contribution in [0.5, 0.6) is 0 Å². The number of amides is 4. The van der Waals surface area contributed by atoms with Crippen molar-refractivity contribution in [1.82, 2.24) is 15.5 Å². The highest BCUT2D eigenvalue weighted by Crippen LogP contribution is 2.22. The fraction of sp³-hybridized carbons (Fsp3) is 0.500. The molecular formula is C18H25N3O3. The lowest BCUT2D eigenvalue weighted by molar-refractivity contribution is -0.130. The summed E-state index contributed by atoms with van der Waals surface area (Å²) in [6, 6.07) is 7.15. The molecule has 1 aliphatic heterocycles. The van der Waals surface area contributed by atoms with Gasteiger partial charge in [-0.15, -0.1) is 0 Å². The van der Waals surface area contributed by atoms with Crippen LogP contribution in [0.4, 0.5) is 4.79 Å². The molecule has 1 aliphatic rings. The Morgan fingerprint density at radius 3 is 2.29 bits per heavy atom. The maximum absolute atomic E-state index is 12.2. The van der Waals surface area contributed by atoms with E-state index in [1.165, 1.54) is 5.56 Å². The molecule has 1 aromatic carbocycles. The Kier molecular flexibility index (Phi) is 5.26. The van der Waals surface area contributed by atoms with Gasteiger partial charge in [0.2, 0.25) is 5.91 Å². The lowest BCUT2D eigenvalue weighted by Crippen LogP contribution is -2.32. The second kappa shape index (κ2) is 7.03. The third-order valence-electron chi connectivity index (χ3n) is 4.17. The molecule has 1 atom stereocenters. The van der Waals surface area contributed by atoms with Crippen LogP contribution in [-0.4, -0.2) is 35.8 Å². The lowest BCUT2D eigenvalue weighted by Gasteiger charge is -2.21. The molecule has 130 valence electrons. The van der Waals surface area contributed by atoms with Crippen LogP contribution in [0.25, 0.3) is 0 Å². The highest BCUT2D eigenvalue weighted by Gasteiger charge is 2.29. The SMILES string of the molecule is CN(Cc1ccc(C(C)(C)C)cc1)C(=O)CC[C@@H]1NC(=O)NC1=O. The van der Waals surface area contributed by atoms with Gasteiger partial charge in [-0.05, 0) is 23.0 Å². The molecule has 1 heterocycles. The molecule has 0 saturated carbocycles. The molecule has 1 fully saturated rings. The van der Waals surface area contributed by atoms with Crippen molar-refractivity contribution in [3.63, 3.8) is 0 Å². The number of carbonyl (C=O) groups is 3. The van der Waals surface area contributed by atoms with Gasteiger partial charge in [-0.25, -0.2) is 4.79 Å². The number of imide groups is 1. The van der Waals surface area contributed by atoms with Crippen molar-refractivity contribution in [3.8, 4) is 0 Å². The Bertz CT molecular complexity index is 632. The second-order valence-electron chi connectivity index (χ2n) is 7.25. The first kappa shape index (κ1) is 18.0. The fourth-order valence-electron chi connectivity index (χ4n) is 2.59. The zero-order chi connectivity index (χ0) is 17.9. The summed E-state index contributed by atoms with van der Waals surface area (Å²) >= 11 is 0. The molecule has 1 saturated heterocycles. The third-order valence-corrected chi connectivity index (χ3v) is 4.17. The number of nitrogens with zero attached hydrogens (tertiary/aromatic N) is 1. The first-order chi connectivity index (χ1) is 11.2. The number of hydrogen-bond donors (Lipinski definition) is 2. The molecular weight excluding hydrogens is 306 g/mol. The summed E-state index contributed by atoms with van der Waals surface area (Å²) in [5, 5.41) is 4.66. The minimum absolute atomic E-state index is 0.0520. The quantitative estimate of drug-likeness (QED) is 0.809. The molecule has 4 amide bonds. The predicted octanol–water partition coefficient (Wildman–Crippen LogP) is 1.93. The molecule has 2 rings (SSSR count). The predicted molar refractivity (Wildman–Crippen MR) is 91.3 cm³/mol. The van der Waals surface area contributed by atoms with Crippen LogP contribution >= 0.6 is 0 Å². The van der Waals surface area contributed by atoms with Gasteiger partial charge in [0.1, 0.15) is 6.04 Å². The van der Waals surface area contributed by atoms with Crippen molar-refractivity contribution in [2.45, 2.75) is 51.6 Å². The summed E-state index contributed by atoms with van der Waals surface area (Å²) in [6.07, 6.45) is 0.526. The summed E-state index contributed by atoms with van der Waals surface area (Å²) in [6.45, 7) is 7.01. The van der Waals surface area contributed by atoms with E-state index in [1.54, 1.807) is 11.9 Å². The number of urea groups is 1. The standard InChI is InChI=1S/C18H25N3O3/c1-18(2,3)13-7-5-12(6-8-13)11-21(4)15(22)10-9-14-16(23)20-17(24)19-14/h5-8,14H,9-11H2,1-4H3,(H2,19,20,23,24)/t14-/m0/s1. The lowest BCUT2D eigenvalue weighted by atomic mass is 9.87. The highest BCUT2D eigenvalue weighted by atomic mass is 16.2.